The molecule has 8 heteroatoms. The maximum absolute atomic E-state index is 13.0. The van der Waals surface area contributed by atoms with Gasteiger partial charge in [-0.2, -0.15) is 0 Å². The van der Waals surface area contributed by atoms with Gasteiger partial charge < -0.3 is 14.6 Å². The molecule has 0 atom stereocenters. The Hall–Kier alpha value is -3.58. The van der Waals surface area contributed by atoms with E-state index in [1.165, 1.54) is 10.9 Å². The van der Waals surface area contributed by atoms with Crippen molar-refractivity contribution in [2.24, 2.45) is 7.05 Å². The van der Waals surface area contributed by atoms with Crippen molar-refractivity contribution < 1.29 is 9.53 Å². The molecule has 1 N–H and O–H groups in total. The van der Waals surface area contributed by atoms with E-state index in [2.05, 4.69) is 10.3 Å². The summed E-state index contributed by atoms with van der Waals surface area (Å²) in [6, 6.07) is 14.4. The number of carbonyl (C=O) groups excluding carboxylic acids is 1. The van der Waals surface area contributed by atoms with E-state index in [1.54, 1.807) is 55.1 Å². The third-order valence-electron chi connectivity index (χ3n) is 4.77. The summed E-state index contributed by atoms with van der Waals surface area (Å²) in [5.41, 5.74) is 3.04. The van der Waals surface area contributed by atoms with Crippen molar-refractivity contribution in [2.45, 2.75) is 6.54 Å². The minimum atomic E-state index is -0.335. The Balaban J connectivity index is 1.63. The number of halogens is 1. The molecule has 0 saturated carbocycles. The third kappa shape index (κ3) is 3.79. The molecule has 7 nitrogen and oxygen atoms in total. The van der Waals surface area contributed by atoms with Crippen molar-refractivity contribution in [3.05, 3.63) is 76.4 Å². The molecule has 0 aliphatic carbocycles. The van der Waals surface area contributed by atoms with Crippen LogP contribution in [0.25, 0.3) is 22.2 Å². The van der Waals surface area contributed by atoms with Crippen LogP contribution >= 0.6 is 11.6 Å². The Morgan fingerprint density at radius 3 is 2.70 bits per heavy atom. The molecule has 2 aromatic carbocycles. The standard InChI is InChI=1S/C22H19ClN4O3/c1-26-11-18(14-6-8-15(23)9-7-14)20-21(26)22(29)27(13-24-20)12-19(28)25-16-4-3-5-17(10-16)30-2/h3-11,13H,12H2,1-2H3,(H,25,28). The SMILES string of the molecule is COc1cccc(NC(=O)Cn2cnc3c(-c4ccc(Cl)cc4)cn(C)c3c2=O)c1. The minimum Gasteiger partial charge on any atom is -0.497 e. The largest absolute Gasteiger partial charge is 0.497 e. The highest BCUT2D eigenvalue weighted by Crippen LogP contribution is 2.28. The van der Waals surface area contributed by atoms with E-state index in [1.807, 2.05) is 18.3 Å². The fourth-order valence-corrected chi connectivity index (χ4v) is 3.45. The molecule has 0 unspecified atom stereocenters. The second-order valence-electron chi connectivity index (χ2n) is 6.82. The zero-order valence-corrected chi connectivity index (χ0v) is 17.2. The van der Waals surface area contributed by atoms with Crippen LogP contribution in [-0.4, -0.2) is 27.1 Å². The topological polar surface area (TPSA) is 78.2 Å². The van der Waals surface area contributed by atoms with Crippen LogP contribution in [0.2, 0.25) is 5.02 Å². The van der Waals surface area contributed by atoms with Gasteiger partial charge in [-0.1, -0.05) is 29.8 Å². The van der Waals surface area contributed by atoms with Crippen molar-refractivity contribution in [3.8, 4) is 16.9 Å². The van der Waals surface area contributed by atoms with Crippen LogP contribution in [0.3, 0.4) is 0 Å². The number of benzene rings is 2. The van der Waals surface area contributed by atoms with Crippen LogP contribution in [0.1, 0.15) is 0 Å². The number of rotatable bonds is 5. The number of ether oxygens (including phenoxy) is 1. The summed E-state index contributed by atoms with van der Waals surface area (Å²) in [4.78, 5) is 29.9. The molecule has 0 bridgehead atoms. The Morgan fingerprint density at radius 2 is 1.97 bits per heavy atom. The van der Waals surface area contributed by atoms with Crippen molar-refractivity contribution >= 4 is 34.2 Å². The smallest absolute Gasteiger partial charge is 0.278 e. The monoisotopic (exact) mass is 422 g/mol. The Kier molecular flexibility index (Phi) is 5.29. The molecule has 30 heavy (non-hydrogen) atoms. The predicted molar refractivity (Wildman–Crippen MR) is 117 cm³/mol. The molecule has 0 aliphatic rings. The summed E-state index contributed by atoms with van der Waals surface area (Å²) in [5.74, 6) is 0.297. The first-order valence-corrected chi connectivity index (χ1v) is 9.58. The predicted octanol–water partition coefficient (Wildman–Crippen LogP) is 3.70. The Morgan fingerprint density at radius 1 is 1.20 bits per heavy atom. The van der Waals surface area contributed by atoms with Gasteiger partial charge in [0, 0.05) is 35.6 Å². The summed E-state index contributed by atoms with van der Waals surface area (Å²) in [7, 11) is 3.34. The normalized spacial score (nSPS) is 10.9. The number of aryl methyl sites for hydroxylation is 1. The molecule has 0 fully saturated rings. The van der Waals surface area contributed by atoms with Crippen LogP contribution in [-0.2, 0) is 18.4 Å². The van der Waals surface area contributed by atoms with Gasteiger partial charge in [0.05, 0.1) is 13.4 Å². The van der Waals surface area contributed by atoms with E-state index in [9.17, 15) is 9.59 Å². The van der Waals surface area contributed by atoms with Gasteiger partial charge in [0.2, 0.25) is 5.91 Å². The van der Waals surface area contributed by atoms with Crippen LogP contribution in [0, 0.1) is 0 Å². The van der Waals surface area contributed by atoms with Gasteiger partial charge in [0.25, 0.3) is 5.56 Å². The molecule has 2 heterocycles. The summed E-state index contributed by atoms with van der Waals surface area (Å²) < 4.78 is 8.18. The number of nitrogens with zero attached hydrogens (tertiary/aromatic N) is 3. The second-order valence-corrected chi connectivity index (χ2v) is 7.25. The highest BCUT2D eigenvalue weighted by Gasteiger charge is 2.16. The van der Waals surface area contributed by atoms with Crippen molar-refractivity contribution in [1.82, 2.24) is 14.1 Å². The molecule has 0 saturated heterocycles. The summed E-state index contributed by atoms with van der Waals surface area (Å²) >= 11 is 5.97. The highest BCUT2D eigenvalue weighted by molar-refractivity contribution is 6.30. The van der Waals surface area contributed by atoms with Crippen molar-refractivity contribution in [2.75, 3.05) is 12.4 Å². The van der Waals surface area contributed by atoms with Crippen LogP contribution in [0.15, 0.2) is 65.8 Å². The first-order chi connectivity index (χ1) is 14.5. The number of fused-ring (bicyclic) bond motifs is 1. The van der Waals surface area contributed by atoms with Crippen LogP contribution in [0.5, 0.6) is 5.75 Å². The van der Waals surface area contributed by atoms with E-state index in [0.29, 0.717) is 27.5 Å². The van der Waals surface area contributed by atoms with Crippen molar-refractivity contribution in [1.29, 1.82) is 0 Å². The molecule has 0 spiro atoms. The molecular weight excluding hydrogens is 404 g/mol. The number of aromatic nitrogens is 3. The maximum Gasteiger partial charge on any atom is 0.278 e. The van der Waals surface area contributed by atoms with Crippen LogP contribution in [0.4, 0.5) is 5.69 Å². The summed E-state index contributed by atoms with van der Waals surface area (Å²) in [5, 5.41) is 3.40. The molecule has 1 amide bonds. The van der Waals surface area contributed by atoms with Gasteiger partial charge >= 0.3 is 0 Å². The van der Waals surface area contributed by atoms with Crippen molar-refractivity contribution in [3.63, 3.8) is 0 Å². The fourth-order valence-electron chi connectivity index (χ4n) is 3.32. The van der Waals surface area contributed by atoms with E-state index in [0.717, 1.165) is 11.1 Å². The number of nitrogens with one attached hydrogen (secondary N) is 1. The summed E-state index contributed by atoms with van der Waals surface area (Å²) in [6.45, 7) is -0.152. The number of hydrogen-bond acceptors (Lipinski definition) is 4. The molecular formula is C22H19ClN4O3. The zero-order chi connectivity index (χ0) is 21.3. The van der Waals surface area contributed by atoms with Gasteiger partial charge in [-0.05, 0) is 29.8 Å². The number of methoxy groups -OCH3 is 1. The van der Waals surface area contributed by atoms with E-state index < -0.39 is 0 Å². The average Bonchev–Trinajstić information content (AvgIpc) is 3.08. The lowest BCUT2D eigenvalue weighted by Crippen LogP contribution is -2.28. The second kappa shape index (κ2) is 8.04. The molecule has 0 radical (unpaired) electrons. The van der Waals surface area contributed by atoms with E-state index >= 15 is 0 Å². The lowest BCUT2D eigenvalue weighted by Gasteiger charge is -2.09. The number of anilines is 1. The van der Waals surface area contributed by atoms with E-state index in [-0.39, 0.29) is 18.0 Å². The maximum atomic E-state index is 13.0. The lowest BCUT2D eigenvalue weighted by atomic mass is 10.1. The molecule has 0 aliphatic heterocycles. The van der Waals surface area contributed by atoms with E-state index in [4.69, 9.17) is 16.3 Å². The quantitative estimate of drug-likeness (QED) is 0.532. The Bertz CT molecular complexity index is 1290. The minimum absolute atomic E-state index is 0.152. The van der Waals surface area contributed by atoms with Gasteiger partial charge in [0.1, 0.15) is 23.3 Å². The number of amides is 1. The summed E-state index contributed by atoms with van der Waals surface area (Å²) in [6.07, 6.45) is 3.25. The lowest BCUT2D eigenvalue weighted by molar-refractivity contribution is -0.116. The highest BCUT2D eigenvalue weighted by atomic mass is 35.5. The fraction of sp³-hybridized carbons (Fsp3) is 0.136. The molecule has 4 rings (SSSR count). The molecule has 152 valence electrons. The van der Waals surface area contributed by atoms with Gasteiger partial charge in [-0.15, -0.1) is 0 Å². The van der Waals surface area contributed by atoms with Gasteiger partial charge in [-0.25, -0.2) is 4.98 Å². The first-order valence-electron chi connectivity index (χ1n) is 9.20. The third-order valence-corrected chi connectivity index (χ3v) is 5.02. The molecule has 2 aromatic heterocycles. The average molecular weight is 423 g/mol. The first kappa shape index (κ1) is 19.7. The number of carbonyl (C=O) groups is 1. The zero-order valence-electron chi connectivity index (χ0n) is 16.4. The molecule has 4 aromatic rings. The van der Waals surface area contributed by atoms with Gasteiger partial charge in [0.15, 0.2) is 0 Å². The van der Waals surface area contributed by atoms with Crippen LogP contribution < -0.4 is 15.6 Å². The Labute approximate surface area is 177 Å². The number of hydrogen-bond donors (Lipinski definition) is 1. The van der Waals surface area contributed by atoms with Gasteiger partial charge in [-0.3, -0.25) is 14.2 Å².